The van der Waals surface area contributed by atoms with E-state index in [-0.39, 0.29) is 17.9 Å². The van der Waals surface area contributed by atoms with Crippen molar-refractivity contribution in [2.24, 2.45) is 0 Å². The minimum atomic E-state index is -1.52. The Morgan fingerprint density at radius 2 is 1.90 bits per heavy atom. The fourth-order valence-electron chi connectivity index (χ4n) is 1.77. The van der Waals surface area contributed by atoms with E-state index >= 15 is 0 Å². The number of amides is 1. The maximum Gasteiger partial charge on any atom is 0.329 e. The molecule has 0 aromatic heterocycles. The lowest BCUT2D eigenvalue weighted by Gasteiger charge is -2.28. The number of rotatable bonds is 6. The molecule has 7 heteroatoms. The molecule has 0 unspecified atom stereocenters. The number of hydrogen-bond acceptors (Lipinski definition) is 5. The first-order valence-corrected chi connectivity index (χ1v) is 6.43. The number of phenolic OH excluding ortho intramolecular Hbond substituents is 2. The maximum atomic E-state index is 11.9. The molecule has 1 amide bonds. The second-order valence-electron chi connectivity index (χ2n) is 5.14. The lowest BCUT2D eigenvalue weighted by molar-refractivity contribution is -0.147. The Morgan fingerprint density at radius 1 is 1.29 bits per heavy atom. The summed E-state index contributed by atoms with van der Waals surface area (Å²) in [7, 11) is 1.60. The molecule has 0 heterocycles. The molecule has 0 aliphatic heterocycles. The number of likely N-dealkylation sites (N-methyl/N-ethyl adjacent to an activating group) is 1. The van der Waals surface area contributed by atoms with Crippen molar-refractivity contribution in [3.05, 3.63) is 23.8 Å². The molecule has 21 heavy (non-hydrogen) atoms. The Hall–Kier alpha value is -2.28. The number of carbonyl (C=O) groups excluding carboxylic acids is 1. The van der Waals surface area contributed by atoms with Crippen LogP contribution in [0.4, 0.5) is 0 Å². The number of aliphatic carboxylic acids is 1. The summed E-state index contributed by atoms with van der Waals surface area (Å²) in [4.78, 5) is 23.4. The van der Waals surface area contributed by atoms with Gasteiger partial charge in [0.05, 0.1) is 6.04 Å². The maximum absolute atomic E-state index is 11.9. The molecular weight excluding hydrogens is 276 g/mol. The van der Waals surface area contributed by atoms with Crippen LogP contribution in [0.3, 0.4) is 0 Å². The van der Waals surface area contributed by atoms with Gasteiger partial charge in [-0.05, 0) is 38.6 Å². The van der Waals surface area contributed by atoms with Crippen LogP contribution in [0, 0.1) is 0 Å². The van der Waals surface area contributed by atoms with E-state index in [2.05, 4.69) is 10.6 Å². The van der Waals surface area contributed by atoms with Gasteiger partial charge in [-0.1, -0.05) is 6.07 Å². The van der Waals surface area contributed by atoms with Gasteiger partial charge in [-0.25, -0.2) is 4.79 Å². The van der Waals surface area contributed by atoms with E-state index in [4.69, 9.17) is 0 Å². The standard InChI is InChI=1S/C14H20N2O5/c1-8(15-3)12(19)16-14(2,13(20)21)7-9-4-5-10(17)11(18)6-9/h4-6,8,15,17-18H,7H2,1-3H3,(H,16,19)(H,20,21)/t8-,14-/m0/s1. The fourth-order valence-corrected chi connectivity index (χ4v) is 1.77. The lowest BCUT2D eigenvalue weighted by Crippen LogP contribution is -2.57. The van der Waals surface area contributed by atoms with Gasteiger partial charge in [-0.2, -0.15) is 0 Å². The highest BCUT2D eigenvalue weighted by Gasteiger charge is 2.36. The minimum absolute atomic E-state index is 0.0294. The Balaban J connectivity index is 2.97. The normalized spacial score (nSPS) is 15.0. The quantitative estimate of drug-likeness (QED) is 0.479. The van der Waals surface area contributed by atoms with Crippen LogP contribution in [-0.2, 0) is 16.0 Å². The molecule has 1 rings (SSSR count). The van der Waals surface area contributed by atoms with E-state index in [1.54, 1.807) is 14.0 Å². The average molecular weight is 296 g/mol. The predicted octanol–water partition coefficient (Wildman–Crippen LogP) is 0.208. The van der Waals surface area contributed by atoms with Crippen LogP contribution in [0.25, 0.3) is 0 Å². The molecule has 7 nitrogen and oxygen atoms in total. The largest absolute Gasteiger partial charge is 0.504 e. The van der Waals surface area contributed by atoms with Crippen molar-refractivity contribution in [1.82, 2.24) is 10.6 Å². The third-order valence-corrected chi connectivity index (χ3v) is 3.29. The van der Waals surface area contributed by atoms with Gasteiger partial charge in [0.15, 0.2) is 11.5 Å². The number of aromatic hydroxyl groups is 2. The molecule has 2 atom stereocenters. The van der Waals surface area contributed by atoms with Crippen molar-refractivity contribution in [3.8, 4) is 11.5 Å². The predicted molar refractivity (Wildman–Crippen MR) is 76.2 cm³/mol. The first-order chi connectivity index (χ1) is 9.69. The Morgan fingerprint density at radius 3 is 2.38 bits per heavy atom. The molecule has 0 radical (unpaired) electrons. The molecule has 1 aromatic rings. The number of carboxylic acid groups (broad SMARTS) is 1. The summed E-state index contributed by atoms with van der Waals surface area (Å²) in [5.41, 5.74) is -1.04. The number of benzene rings is 1. The van der Waals surface area contributed by atoms with Gasteiger partial charge >= 0.3 is 5.97 Å². The monoisotopic (exact) mass is 296 g/mol. The molecule has 0 spiro atoms. The summed E-state index contributed by atoms with van der Waals surface area (Å²) >= 11 is 0. The molecule has 0 bridgehead atoms. The molecule has 0 aliphatic rings. The molecular formula is C14H20N2O5. The molecule has 0 saturated carbocycles. The van der Waals surface area contributed by atoms with Crippen LogP contribution in [0.5, 0.6) is 11.5 Å². The molecule has 0 saturated heterocycles. The highest BCUT2D eigenvalue weighted by atomic mass is 16.4. The summed E-state index contributed by atoms with van der Waals surface area (Å²) in [6.45, 7) is 3.00. The summed E-state index contributed by atoms with van der Waals surface area (Å²) in [5, 5.41) is 33.3. The highest BCUT2D eigenvalue weighted by Crippen LogP contribution is 2.26. The summed E-state index contributed by atoms with van der Waals surface area (Å²) < 4.78 is 0. The Kier molecular flexibility index (Phi) is 5.15. The van der Waals surface area contributed by atoms with E-state index in [0.717, 1.165) is 0 Å². The van der Waals surface area contributed by atoms with E-state index in [0.29, 0.717) is 5.56 Å². The van der Waals surface area contributed by atoms with Crippen molar-refractivity contribution in [2.45, 2.75) is 31.8 Å². The SMILES string of the molecule is CN[C@@H](C)C(=O)N[C@@](C)(Cc1ccc(O)c(O)c1)C(=O)O. The molecule has 1 aromatic carbocycles. The van der Waals surface area contributed by atoms with Gasteiger partial charge < -0.3 is 26.0 Å². The average Bonchev–Trinajstić information content (AvgIpc) is 2.41. The highest BCUT2D eigenvalue weighted by molar-refractivity contribution is 5.89. The van der Waals surface area contributed by atoms with Crippen LogP contribution >= 0.6 is 0 Å². The zero-order valence-corrected chi connectivity index (χ0v) is 12.2. The number of carbonyl (C=O) groups is 2. The van der Waals surface area contributed by atoms with Gasteiger partial charge in [-0.15, -0.1) is 0 Å². The number of phenols is 2. The smallest absolute Gasteiger partial charge is 0.329 e. The lowest BCUT2D eigenvalue weighted by atomic mass is 9.92. The Bertz CT molecular complexity index is 546. The van der Waals surface area contributed by atoms with E-state index in [1.807, 2.05) is 0 Å². The van der Waals surface area contributed by atoms with E-state index in [1.165, 1.54) is 25.1 Å². The van der Waals surface area contributed by atoms with E-state index in [9.17, 15) is 24.9 Å². The van der Waals surface area contributed by atoms with Crippen LogP contribution in [0.15, 0.2) is 18.2 Å². The zero-order valence-electron chi connectivity index (χ0n) is 12.2. The first kappa shape index (κ1) is 16.8. The summed E-state index contributed by atoms with van der Waals surface area (Å²) in [5.74, 6) is -2.25. The second-order valence-corrected chi connectivity index (χ2v) is 5.14. The first-order valence-electron chi connectivity index (χ1n) is 6.43. The third kappa shape index (κ3) is 4.09. The summed E-state index contributed by atoms with van der Waals surface area (Å²) in [6.07, 6.45) is -0.0294. The van der Waals surface area contributed by atoms with E-state index < -0.39 is 23.5 Å². The van der Waals surface area contributed by atoms with Gasteiger partial charge in [0, 0.05) is 6.42 Å². The van der Waals surface area contributed by atoms with Crippen LogP contribution < -0.4 is 10.6 Å². The number of hydrogen-bond donors (Lipinski definition) is 5. The van der Waals surface area contributed by atoms with Gasteiger partial charge in [0.25, 0.3) is 0 Å². The van der Waals surface area contributed by atoms with Crippen molar-refractivity contribution in [2.75, 3.05) is 7.05 Å². The fraction of sp³-hybridized carbons (Fsp3) is 0.429. The topological polar surface area (TPSA) is 119 Å². The van der Waals surface area contributed by atoms with Crippen LogP contribution in [0.2, 0.25) is 0 Å². The van der Waals surface area contributed by atoms with Crippen molar-refractivity contribution in [1.29, 1.82) is 0 Å². The van der Waals surface area contributed by atoms with Crippen molar-refractivity contribution < 1.29 is 24.9 Å². The molecule has 0 fully saturated rings. The van der Waals surface area contributed by atoms with Gasteiger partial charge in [-0.3, -0.25) is 4.79 Å². The number of nitrogens with one attached hydrogen (secondary N) is 2. The van der Waals surface area contributed by atoms with Gasteiger partial charge in [0.2, 0.25) is 5.91 Å². The van der Waals surface area contributed by atoms with Gasteiger partial charge in [0.1, 0.15) is 5.54 Å². The van der Waals surface area contributed by atoms with Crippen LogP contribution in [-0.4, -0.2) is 45.8 Å². The summed E-state index contributed by atoms with van der Waals surface area (Å²) in [6, 6.07) is 3.50. The third-order valence-electron chi connectivity index (χ3n) is 3.29. The molecule has 0 aliphatic carbocycles. The Labute approximate surface area is 122 Å². The zero-order chi connectivity index (χ0) is 16.2. The second kappa shape index (κ2) is 6.45. The van der Waals surface area contributed by atoms with Crippen molar-refractivity contribution >= 4 is 11.9 Å². The van der Waals surface area contributed by atoms with Crippen molar-refractivity contribution in [3.63, 3.8) is 0 Å². The molecule has 5 N–H and O–H groups in total. The van der Waals surface area contributed by atoms with Crippen LogP contribution in [0.1, 0.15) is 19.4 Å². The number of carboxylic acids is 1. The molecule has 116 valence electrons. The minimum Gasteiger partial charge on any atom is -0.504 e.